The Balaban J connectivity index is 1.39. The molecule has 32 heavy (non-hydrogen) atoms. The summed E-state index contributed by atoms with van der Waals surface area (Å²) in [5.41, 5.74) is 1.28. The van der Waals surface area contributed by atoms with E-state index in [0.29, 0.717) is 38.9 Å². The van der Waals surface area contributed by atoms with Crippen LogP contribution in [0.5, 0.6) is 0 Å². The molecule has 0 unspecified atom stereocenters. The monoisotopic (exact) mass is 451 g/mol. The summed E-state index contributed by atoms with van der Waals surface area (Å²) in [5, 5.41) is 7.35. The molecule has 164 valence electrons. The second-order valence-corrected chi connectivity index (χ2v) is 8.64. The van der Waals surface area contributed by atoms with Gasteiger partial charge in [0.05, 0.1) is 22.7 Å². The van der Waals surface area contributed by atoms with E-state index < -0.39 is 0 Å². The van der Waals surface area contributed by atoms with Gasteiger partial charge in [-0.1, -0.05) is 35.5 Å². The molecule has 1 aromatic carbocycles. The number of nitrogens with zero attached hydrogens (tertiary/aromatic N) is 4. The molecule has 1 N–H and O–H groups in total. The standard InChI is InChI=1S/C22H21N5O4S/c1-13-17-21(32-18(13)20-25-19(26-31-20)14-6-3-2-4-7-14)24-12-27(22(17)29)11-16(28)23-10-15-8-5-9-30-15/h2-4,6-7,12,15H,5,8-11H2,1H3,(H,23,28)/t15-/m0/s1. The number of hydrogen-bond donors (Lipinski definition) is 1. The fourth-order valence-electron chi connectivity index (χ4n) is 3.74. The molecule has 1 saturated heterocycles. The van der Waals surface area contributed by atoms with Gasteiger partial charge in [0.2, 0.25) is 11.7 Å². The van der Waals surface area contributed by atoms with Gasteiger partial charge in [-0.05, 0) is 25.3 Å². The number of rotatable bonds is 6. The molecule has 1 fully saturated rings. The molecule has 0 radical (unpaired) electrons. The zero-order valence-electron chi connectivity index (χ0n) is 17.4. The van der Waals surface area contributed by atoms with Gasteiger partial charge in [-0.15, -0.1) is 11.3 Å². The van der Waals surface area contributed by atoms with Crippen molar-refractivity contribution in [3.05, 3.63) is 52.6 Å². The van der Waals surface area contributed by atoms with E-state index >= 15 is 0 Å². The second kappa shape index (κ2) is 8.64. The molecule has 9 nitrogen and oxygen atoms in total. The first-order chi connectivity index (χ1) is 15.6. The van der Waals surface area contributed by atoms with Crippen LogP contribution in [-0.4, -0.2) is 44.9 Å². The van der Waals surface area contributed by atoms with Gasteiger partial charge in [-0.2, -0.15) is 4.98 Å². The summed E-state index contributed by atoms with van der Waals surface area (Å²) in [5.74, 6) is 0.566. The average molecular weight is 452 g/mol. The van der Waals surface area contributed by atoms with Crippen LogP contribution in [0.15, 0.2) is 46.0 Å². The van der Waals surface area contributed by atoms with Gasteiger partial charge in [0.25, 0.3) is 11.4 Å². The molecule has 1 amide bonds. The zero-order chi connectivity index (χ0) is 22.1. The van der Waals surface area contributed by atoms with Crippen molar-refractivity contribution in [2.75, 3.05) is 13.2 Å². The minimum atomic E-state index is -0.273. The Morgan fingerprint density at radius 3 is 2.94 bits per heavy atom. The predicted molar refractivity (Wildman–Crippen MR) is 119 cm³/mol. The van der Waals surface area contributed by atoms with Crippen molar-refractivity contribution >= 4 is 27.5 Å². The van der Waals surface area contributed by atoms with Crippen LogP contribution < -0.4 is 10.9 Å². The first-order valence-electron chi connectivity index (χ1n) is 10.4. The van der Waals surface area contributed by atoms with Crippen LogP contribution in [0.25, 0.3) is 32.4 Å². The molecule has 4 heterocycles. The quantitative estimate of drug-likeness (QED) is 0.480. The maximum absolute atomic E-state index is 13.1. The molecular formula is C22H21N5O4S. The van der Waals surface area contributed by atoms with Crippen molar-refractivity contribution in [3.8, 4) is 22.2 Å². The largest absolute Gasteiger partial charge is 0.376 e. The summed E-state index contributed by atoms with van der Waals surface area (Å²) >= 11 is 1.32. The topological polar surface area (TPSA) is 112 Å². The number of carbonyl (C=O) groups excluding carboxylic acids is 1. The highest BCUT2D eigenvalue weighted by Gasteiger charge is 2.21. The molecule has 4 aromatic rings. The van der Waals surface area contributed by atoms with Crippen LogP contribution >= 0.6 is 11.3 Å². The summed E-state index contributed by atoms with van der Waals surface area (Å²) in [6.45, 7) is 2.91. The lowest BCUT2D eigenvalue weighted by atomic mass is 10.2. The fourth-order valence-corrected chi connectivity index (χ4v) is 4.80. The van der Waals surface area contributed by atoms with E-state index in [1.807, 2.05) is 37.3 Å². The van der Waals surface area contributed by atoms with Crippen LogP contribution in [0.1, 0.15) is 18.4 Å². The predicted octanol–water partition coefficient (Wildman–Crippen LogP) is 2.78. The highest BCUT2D eigenvalue weighted by Crippen LogP contribution is 2.35. The first kappa shape index (κ1) is 20.5. The minimum Gasteiger partial charge on any atom is -0.376 e. The molecule has 3 aromatic heterocycles. The van der Waals surface area contributed by atoms with Gasteiger partial charge < -0.3 is 14.6 Å². The van der Waals surface area contributed by atoms with Crippen molar-refractivity contribution in [1.82, 2.24) is 25.0 Å². The zero-order valence-corrected chi connectivity index (χ0v) is 18.2. The van der Waals surface area contributed by atoms with E-state index in [9.17, 15) is 9.59 Å². The first-order valence-corrected chi connectivity index (χ1v) is 11.2. The van der Waals surface area contributed by atoms with E-state index in [1.54, 1.807) is 0 Å². The Hall–Kier alpha value is -3.37. The number of ether oxygens (including phenoxy) is 1. The number of benzene rings is 1. The van der Waals surface area contributed by atoms with Gasteiger partial charge in [-0.3, -0.25) is 14.2 Å². The van der Waals surface area contributed by atoms with E-state index in [2.05, 4.69) is 20.4 Å². The number of thiophene rings is 1. The molecule has 0 spiro atoms. The lowest BCUT2D eigenvalue weighted by Gasteiger charge is -2.11. The van der Waals surface area contributed by atoms with E-state index in [1.165, 1.54) is 22.2 Å². The number of hydrogen-bond acceptors (Lipinski definition) is 8. The molecule has 10 heteroatoms. The van der Waals surface area contributed by atoms with Crippen LogP contribution in [0.2, 0.25) is 0 Å². The highest BCUT2D eigenvalue weighted by molar-refractivity contribution is 7.22. The number of aromatic nitrogens is 4. The summed E-state index contributed by atoms with van der Waals surface area (Å²) in [7, 11) is 0. The molecule has 5 rings (SSSR count). The highest BCUT2D eigenvalue weighted by atomic mass is 32.1. The number of nitrogens with one attached hydrogen (secondary N) is 1. The minimum absolute atomic E-state index is 0.0492. The van der Waals surface area contributed by atoms with Gasteiger partial charge in [-0.25, -0.2) is 4.98 Å². The number of aryl methyl sites for hydroxylation is 1. The average Bonchev–Trinajstić information content (AvgIpc) is 3.55. The van der Waals surface area contributed by atoms with Crippen LogP contribution in [-0.2, 0) is 16.1 Å². The summed E-state index contributed by atoms with van der Waals surface area (Å²) < 4.78 is 12.3. The molecule has 1 aliphatic rings. The SMILES string of the molecule is Cc1c(-c2nc(-c3ccccc3)no2)sc2ncn(CC(=O)NC[C@@H]3CCCO3)c(=O)c12. The van der Waals surface area contributed by atoms with Crippen LogP contribution in [0, 0.1) is 6.92 Å². The Labute approximate surface area is 187 Å². The second-order valence-electron chi connectivity index (χ2n) is 7.64. The summed E-state index contributed by atoms with van der Waals surface area (Å²) in [6.07, 6.45) is 3.40. The number of carbonyl (C=O) groups is 1. The van der Waals surface area contributed by atoms with Gasteiger partial charge in [0, 0.05) is 18.7 Å². The summed E-state index contributed by atoms with van der Waals surface area (Å²) in [6, 6.07) is 9.52. The molecular weight excluding hydrogens is 430 g/mol. The molecule has 0 bridgehead atoms. The van der Waals surface area contributed by atoms with E-state index in [-0.39, 0.29) is 24.1 Å². The normalized spacial score (nSPS) is 16.0. The maximum Gasteiger partial charge on any atom is 0.268 e. The lowest BCUT2D eigenvalue weighted by Crippen LogP contribution is -2.36. The van der Waals surface area contributed by atoms with Crippen LogP contribution in [0.3, 0.4) is 0 Å². The third kappa shape index (κ3) is 3.94. The van der Waals surface area contributed by atoms with Crippen molar-refractivity contribution in [2.24, 2.45) is 0 Å². The summed E-state index contributed by atoms with van der Waals surface area (Å²) in [4.78, 5) is 35.5. The van der Waals surface area contributed by atoms with Gasteiger partial charge in [0.1, 0.15) is 11.4 Å². The molecule has 0 aliphatic carbocycles. The molecule has 0 saturated carbocycles. The van der Waals surface area contributed by atoms with Gasteiger partial charge in [0.15, 0.2) is 0 Å². The van der Waals surface area contributed by atoms with E-state index in [4.69, 9.17) is 9.26 Å². The van der Waals surface area contributed by atoms with Crippen molar-refractivity contribution in [3.63, 3.8) is 0 Å². The molecule has 1 atom stereocenters. The van der Waals surface area contributed by atoms with Crippen LogP contribution in [0.4, 0.5) is 0 Å². The Kier molecular flexibility index (Phi) is 5.54. The fraction of sp³-hybridized carbons (Fsp3) is 0.318. The van der Waals surface area contributed by atoms with Gasteiger partial charge >= 0.3 is 0 Å². The van der Waals surface area contributed by atoms with E-state index in [0.717, 1.165) is 25.0 Å². The molecule has 1 aliphatic heterocycles. The third-order valence-corrected chi connectivity index (χ3v) is 6.62. The number of amides is 1. The Morgan fingerprint density at radius 1 is 1.31 bits per heavy atom. The van der Waals surface area contributed by atoms with Crippen molar-refractivity contribution < 1.29 is 14.1 Å². The Morgan fingerprint density at radius 2 is 2.16 bits per heavy atom. The lowest BCUT2D eigenvalue weighted by molar-refractivity contribution is -0.122. The number of fused-ring (bicyclic) bond motifs is 1. The van der Waals surface area contributed by atoms with Crippen molar-refractivity contribution in [2.45, 2.75) is 32.4 Å². The van der Waals surface area contributed by atoms with Crippen molar-refractivity contribution in [1.29, 1.82) is 0 Å². The Bertz CT molecular complexity index is 1320. The maximum atomic E-state index is 13.1. The smallest absolute Gasteiger partial charge is 0.268 e. The third-order valence-electron chi connectivity index (χ3n) is 5.43.